The van der Waals surface area contributed by atoms with Crippen molar-refractivity contribution in [1.82, 2.24) is 4.98 Å². The standard InChI is InChI=1S/C18H2F10N2/c19-8-6(9(20)13(24)16(27)12(8)23)5-1-4(2-29)3-30-18(5)7-10(21)14(25)17(28)15(26)11(7)22/h1,3H. The topological polar surface area (TPSA) is 36.7 Å². The Kier molecular flexibility index (Phi) is 5.15. The first-order valence-corrected chi connectivity index (χ1v) is 7.46. The minimum Gasteiger partial charge on any atom is -0.254 e. The zero-order chi connectivity index (χ0) is 22.5. The van der Waals surface area contributed by atoms with E-state index in [2.05, 4.69) is 4.98 Å². The van der Waals surface area contributed by atoms with Gasteiger partial charge in [-0.25, -0.2) is 43.9 Å². The molecule has 0 amide bonds. The molecule has 12 heteroatoms. The van der Waals surface area contributed by atoms with Gasteiger partial charge < -0.3 is 0 Å². The molecule has 0 bridgehead atoms. The van der Waals surface area contributed by atoms with Crippen LogP contribution < -0.4 is 0 Å². The minimum absolute atomic E-state index is 0.415. The molecule has 0 N–H and O–H groups in total. The summed E-state index contributed by atoms with van der Waals surface area (Å²) >= 11 is 0. The van der Waals surface area contributed by atoms with Crippen LogP contribution in [-0.2, 0) is 0 Å². The van der Waals surface area contributed by atoms with E-state index in [1.165, 1.54) is 6.07 Å². The summed E-state index contributed by atoms with van der Waals surface area (Å²) in [6, 6.07) is 1.81. The van der Waals surface area contributed by atoms with Crippen LogP contribution in [0.15, 0.2) is 12.3 Å². The van der Waals surface area contributed by atoms with Gasteiger partial charge in [-0.1, -0.05) is 0 Å². The van der Waals surface area contributed by atoms with Crippen LogP contribution in [0.5, 0.6) is 0 Å². The molecule has 30 heavy (non-hydrogen) atoms. The molecule has 0 aliphatic carbocycles. The summed E-state index contributed by atoms with van der Waals surface area (Å²) in [7, 11) is 0. The smallest absolute Gasteiger partial charge is 0.200 e. The Hall–Kier alpha value is -3.62. The van der Waals surface area contributed by atoms with E-state index >= 15 is 0 Å². The van der Waals surface area contributed by atoms with Crippen LogP contribution in [0.3, 0.4) is 0 Å². The van der Waals surface area contributed by atoms with Gasteiger partial charge in [0.1, 0.15) is 6.07 Å². The minimum atomic E-state index is -2.56. The average molecular weight is 436 g/mol. The molecule has 0 saturated heterocycles. The molecule has 3 rings (SSSR count). The number of aromatic nitrogens is 1. The van der Waals surface area contributed by atoms with Crippen LogP contribution in [0.1, 0.15) is 5.56 Å². The van der Waals surface area contributed by atoms with Crippen LogP contribution >= 0.6 is 0 Å². The summed E-state index contributed by atoms with van der Waals surface area (Å²) in [6.07, 6.45) is 0.531. The van der Waals surface area contributed by atoms with Gasteiger partial charge in [0, 0.05) is 11.8 Å². The van der Waals surface area contributed by atoms with Crippen LogP contribution in [0, 0.1) is 69.5 Å². The zero-order valence-corrected chi connectivity index (χ0v) is 13.8. The maximum atomic E-state index is 14.2. The Morgan fingerprint density at radius 2 is 0.933 bits per heavy atom. The molecule has 154 valence electrons. The summed E-state index contributed by atoms with van der Waals surface area (Å²) in [6.45, 7) is 0. The van der Waals surface area contributed by atoms with Crippen LogP contribution in [0.2, 0.25) is 0 Å². The van der Waals surface area contributed by atoms with Crippen molar-refractivity contribution in [3.63, 3.8) is 0 Å². The van der Waals surface area contributed by atoms with Gasteiger partial charge in [0.15, 0.2) is 46.5 Å². The van der Waals surface area contributed by atoms with Crippen molar-refractivity contribution in [2.24, 2.45) is 0 Å². The molecular weight excluding hydrogens is 434 g/mol. The Morgan fingerprint density at radius 1 is 0.567 bits per heavy atom. The van der Waals surface area contributed by atoms with E-state index in [0.29, 0.717) is 12.3 Å². The number of pyridine rings is 1. The Morgan fingerprint density at radius 3 is 1.33 bits per heavy atom. The van der Waals surface area contributed by atoms with E-state index in [9.17, 15) is 43.9 Å². The average Bonchev–Trinajstić information content (AvgIpc) is 2.74. The van der Waals surface area contributed by atoms with Gasteiger partial charge in [-0.3, -0.25) is 4.98 Å². The fraction of sp³-hybridized carbons (Fsp3) is 0. The molecule has 0 spiro atoms. The lowest BCUT2D eigenvalue weighted by atomic mass is 9.95. The number of halogens is 10. The van der Waals surface area contributed by atoms with Crippen molar-refractivity contribution >= 4 is 0 Å². The number of nitriles is 1. The summed E-state index contributed by atoms with van der Waals surface area (Å²) in [5.74, 6) is -24.8. The number of nitrogens with zero attached hydrogens (tertiary/aromatic N) is 2. The first-order chi connectivity index (χ1) is 14.0. The molecular formula is C18H2F10N2. The molecule has 0 radical (unpaired) electrons. The van der Waals surface area contributed by atoms with Gasteiger partial charge in [-0.05, 0) is 6.07 Å². The van der Waals surface area contributed by atoms with Crippen LogP contribution in [0.4, 0.5) is 43.9 Å². The SMILES string of the molecule is N#Cc1cnc(-c2c(F)c(F)c(F)c(F)c2F)c(-c2c(F)c(F)c(F)c(F)c2F)c1. The second kappa shape index (κ2) is 7.33. The van der Waals surface area contributed by atoms with Gasteiger partial charge in [0.05, 0.1) is 22.4 Å². The highest BCUT2D eigenvalue weighted by atomic mass is 19.2. The summed E-state index contributed by atoms with van der Waals surface area (Å²) in [5.41, 5.74) is -6.79. The largest absolute Gasteiger partial charge is 0.254 e. The van der Waals surface area contributed by atoms with Gasteiger partial charge in [-0.15, -0.1) is 0 Å². The fourth-order valence-electron chi connectivity index (χ4n) is 2.57. The third-order valence-electron chi connectivity index (χ3n) is 3.94. The quantitative estimate of drug-likeness (QED) is 0.295. The summed E-state index contributed by atoms with van der Waals surface area (Å²) in [5, 5.41) is 8.89. The van der Waals surface area contributed by atoms with Crippen molar-refractivity contribution < 1.29 is 43.9 Å². The number of benzene rings is 2. The highest BCUT2D eigenvalue weighted by Gasteiger charge is 2.33. The predicted octanol–water partition coefficient (Wildman–Crippen LogP) is 5.68. The van der Waals surface area contributed by atoms with Crippen LogP contribution in [-0.4, -0.2) is 4.98 Å². The van der Waals surface area contributed by atoms with E-state index in [1.807, 2.05) is 0 Å². The van der Waals surface area contributed by atoms with E-state index in [-0.39, 0.29) is 0 Å². The molecule has 2 aromatic carbocycles. The maximum Gasteiger partial charge on any atom is 0.200 e. The summed E-state index contributed by atoms with van der Waals surface area (Å²) < 4.78 is 138. The maximum absolute atomic E-state index is 14.2. The molecule has 0 fully saturated rings. The molecule has 2 nitrogen and oxygen atoms in total. The predicted molar refractivity (Wildman–Crippen MR) is 79.4 cm³/mol. The lowest BCUT2D eigenvalue weighted by Gasteiger charge is -2.14. The molecule has 0 aliphatic rings. The molecule has 0 atom stereocenters. The first kappa shape index (κ1) is 21.1. The molecule has 3 aromatic rings. The molecule has 0 saturated carbocycles. The molecule has 0 aliphatic heterocycles. The normalized spacial score (nSPS) is 11.0. The Labute approximate surface area is 159 Å². The third-order valence-corrected chi connectivity index (χ3v) is 3.94. The van der Waals surface area contributed by atoms with E-state index in [1.54, 1.807) is 0 Å². The molecule has 1 heterocycles. The highest BCUT2D eigenvalue weighted by molar-refractivity contribution is 5.83. The van der Waals surface area contributed by atoms with Gasteiger partial charge in [0.25, 0.3) is 0 Å². The van der Waals surface area contributed by atoms with Gasteiger partial charge in [0.2, 0.25) is 11.6 Å². The van der Waals surface area contributed by atoms with E-state index < -0.39 is 86.1 Å². The number of rotatable bonds is 2. The third kappa shape index (κ3) is 2.94. The lowest BCUT2D eigenvalue weighted by molar-refractivity contribution is 0.380. The number of hydrogen-bond donors (Lipinski definition) is 0. The second-order valence-corrected chi connectivity index (χ2v) is 5.62. The zero-order valence-electron chi connectivity index (χ0n) is 13.8. The van der Waals surface area contributed by atoms with E-state index in [4.69, 9.17) is 5.26 Å². The van der Waals surface area contributed by atoms with Crippen molar-refractivity contribution in [1.29, 1.82) is 5.26 Å². The van der Waals surface area contributed by atoms with Gasteiger partial charge >= 0.3 is 0 Å². The lowest BCUT2D eigenvalue weighted by Crippen LogP contribution is -2.08. The molecule has 0 unspecified atom stereocenters. The van der Waals surface area contributed by atoms with Crippen molar-refractivity contribution in [2.75, 3.05) is 0 Å². The summed E-state index contributed by atoms with van der Waals surface area (Å²) in [4.78, 5) is 3.26. The Balaban J connectivity index is 2.53. The van der Waals surface area contributed by atoms with Gasteiger partial charge in [-0.2, -0.15) is 5.26 Å². The highest BCUT2D eigenvalue weighted by Crippen LogP contribution is 2.40. The van der Waals surface area contributed by atoms with Crippen LogP contribution in [0.25, 0.3) is 22.4 Å². The number of hydrogen-bond acceptors (Lipinski definition) is 2. The fourth-order valence-corrected chi connectivity index (χ4v) is 2.57. The molecule has 1 aromatic heterocycles. The monoisotopic (exact) mass is 436 g/mol. The van der Waals surface area contributed by atoms with Crippen molar-refractivity contribution in [2.45, 2.75) is 0 Å². The van der Waals surface area contributed by atoms with Crippen molar-refractivity contribution in [3.05, 3.63) is 76.0 Å². The first-order valence-electron chi connectivity index (χ1n) is 7.46. The van der Waals surface area contributed by atoms with E-state index in [0.717, 1.165) is 0 Å². The second-order valence-electron chi connectivity index (χ2n) is 5.62. The van der Waals surface area contributed by atoms with Crippen molar-refractivity contribution in [3.8, 4) is 28.5 Å². The Bertz CT molecular complexity index is 1210.